The first-order chi connectivity index (χ1) is 9.95. The van der Waals surface area contributed by atoms with Gasteiger partial charge in [-0.2, -0.15) is 0 Å². The highest BCUT2D eigenvalue weighted by molar-refractivity contribution is 9.10. The zero-order chi connectivity index (χ0) is 15.4. The number of aromatic nitrogens is 1. The van der Waals surface area contributed by atoms with E-state index < -0.39 is 12.0 Å². The number of rotatable bonds is 4. The molecule has 2 amide bonds. The molecule has 0 bridgehead atoms. The molecule has 9 heteroatoms. The van der Waals surface area contributed by atoms with Gasteiger partial charge < -0.3 is 15.7 Å². The number of carbonyl (C=O) groups is 2. The van der Waals surface area contributed by atoms with E-state index in [1.807, 2.05) is 0 Å². The van der Waals surface area contributed by atoms with Crippen molar-refractivity contribution in [2.75, 3.05) is 5.32 Å². The number of nitrogens with zero attached hydrogens (tertiary/aromatic N) is 1. The summed E-state index contributed by atoms with van der Waals surface area (Å²) in [7, 11) is 0. The number of thiazole rings is 1. The Morgan fingerprint density at radius 3 is 2.81 bits per heavy atom. The minimum absolute atomic E-state index is 0.0306. The van der Waals surface area contributed by atoms with Crippen LogP contribution < -0.4 is 10.6 Å². The lowest BCUT2D eigenvalue weighted by molar-refractivity contribution is 0.0691. The summed E-state index contributed by atoms with van der Waals surface area (Å²) >= 11 is 10.3. The second-order valence-corrected chi connectivity index (χ2v) is 6.07. The molecule has 0 saturated heterocycles. The second kappa shape index (κ2) is 6.88. The van der Waals surface area contributed by atoms with Crippen LogP contribution in [0.3, 0.4) is 0 Å². The lowest BCUT2D eigenvalue weighted by Crippen LogP contribution is -2.28. The van der Waals surface area contributed by atoms with E-state index >= 15 is 0 Å². The number of anilines is 1. The first-order valence-electron chi connectivity index (χ1n) is 5.63. The van der Waals surface area contributed by atoms with Gasteiger partial charge in [0.2, 0.25) is 0 Å². The van der Waals surface area contributed by atoms with Gasteiger partial charge in [0.05, 0.1) is 11.6 Å². The standard InChI is InChI=1S/C12H9BrClN3O3S/c13-7-2-1-6(3-8(7)14)16-12(20)15-4-10-17-9(5-21-10)11(18)19/h1-3,5H,4H2,(H,18,19)(H2,15,16,20). The molecule has 1 heterocycles. The van der Waals surface area contributed by atoms with Crippen LogP contribution in [0, 0.1) is 0 Å². The van der Waals surface area contributed by atoms with Crippen molar-refractivity contribution in [3.05, 3.63) is 43.8 Å². The van der Waals surface area contributed by atoms with Crippen LogP contribution in [-0.2, 0) is 6.54 Å². The molecule has 0 fully saturated rings. The molecule has 0 spiro atoms. The molecule has 2 rings (SSSR count). The number of carboxylic acids is 1. The fraction of sp³-hybridized carbons (Fsp3) is 0.0833. The van der Waals surface area contributed by atoms with E-state index in [0.717, 1.165) is 4.47 Å². The Balaban J connectivity index is 1.89. The lowest BCUT2D eigenvalue weighted by atomic mass is 10.3. The predicted octanol–water partition coefficient (Wildman–Crippen LogP) is 3.58. The highest BCUT2D eigenvalue weighted by Crippen LogP contribution is 2.25. The molecule has 0 unspecified atom stereocenters. The fourth-order valence-electron chi connectivity index (χ4n) is 1.40. The van der Waals surface area contributed by atoms with Gasteiger partial charge in [-0.15, -0.1) is 11.3 Å². The minimum atomic E-state index is -1.09. The Morgan fingerprint density at radius 2 is 2.19 bits per heavy atom. The van der Waals surface area contributed by atoms with Gasteiger partial charge in [-0.05, 0) is 34.1 Å². The van der Waals surface area contributed by atoms with Crippen molar-refractivity contribution >= 4 is 56.6 Å². The molecule has 0 radical (unpaired) electrons. The highest BCUT2D eigenvalue weighted by Gasteiger charge is 2.09. The van der Waals surface area contributed by atoms with Crippen LogP contribution in [0.5, 0.6) is 0 Å². The number of carbonyl (C=O) groups excluding carboxylic acids is 1. The van der Waals surface area contributed by atoms with E-state index in [2.05, 4.69) is 31.5 Å². The lowest BCUT2D eigenvalue weighted by Gasteiger charge is -2.07. The summed E-state index contributed by atoms with van der Waals surface area (Å²) in [6.45, 7) is 0.147. The average Bonchev–Trinajstić information content (AvgIpc) is 2.90. The Hall–Kier alpha value is -1.64. The van der Waals surface area contributed by atoms with Crippen LogP contribution in [-0.4, -0.2) is 22.1 Å². The Bertz CT molecular complexity index is 692. The number of halogens is 2. The van der Waals surface area contributed by atoms with Crippen LogP contribution in [0.25, 0.3) is 0 Å². The maximum atomic E-state index is 11.7. The first kappa shape index (κ1) is 15.7. The molecular weight excluding hydrogens is 382 g/mol. The Morgan fingerprint density at radius 1 is 1.43 bits per heavy atom. The van der Waals surface area contributed by atoms with Gasteiger partial charge in [-0.25, -0.2) is 14.6 Å². The van der Waals surface area contributed by atoms with Crippen LogP contribution in [0.15, 0.2) is 28.1 Å². The summed E-state index contributed by atoms with van der Waals surface area (Å²) in [5.41, 5.74) is 0.517. The van der Waals surface area contributed by atoms with E-state index in [9.17, 15) is 9.59 Å². The fourth-order valence-corrected chi connectivity index (χ4v) is 2.53. The molecule has 2 aromatic rings. The summed E-state index contributed by atoms with van der Waals surface area (Å²) in [5, 5.41) is 16.4. The summed E-state index contributed by atoms with van der Waals surface area (Å²) in [4.78, 5) is 26.3. The Kier molecular flexibility index (Phi) is 5.16. The maximum Gasteiger partial charge on any atom is 0.355 e. The summed E-state index contributed by atoms with van der Waals surface area (Å²) < 4.78 is 0.735. The normalized spacial score (nSPS) is 10.2. The largest absolute Gasteiger partial charge is 0.476 e. The van der Waals surface area contributed by atoms with Gasteiger partial charge in [0.1, 0.15) is 5.01 Å². The van der Waals surface area contributed by atoms with E-state index in [1.54, 1.807) is 18.2 Å². The van der Waals surface area contributed by atoms with Crippen molar-refractivity contribution in [1.82, 2.24) is 10.3 Å². The zero-order valence-corrected chi connectivity index (χ0v) is 13.6. The number of amides is 2. The first-order valence-corrected chi connectivity index (χ1v) is 7.68. The molecule has 1 aromatic heterocycles. The van der Waals surface area contributed by atoms with Gasteiger partial charge in [0.25, 0.3) is 0 Å². The molecule has 1 aromatic carbocycles. The van der Waals surface area contributed by atoms with E-state index in [4.69, 9.17) is 16.7 Å². The predicted molar refractivity (Wildman–Crippen MR) is 84.1 cm³/mol. The number of urea groups is 1. The molecule has 21 heavy (non-hydrogen) atoms. The molecule has 0 aliphatic carbocycles. The van der Waals surface area contributed by atoms with Gasteiger partial charge in [0, 0.05) is 15.5 Å². The number of aromatic carboxylic acids is 1. The SMILES string of the molecule is O=C(NCc1nc(C(=O)O)cs1)Nc1ccc(Br)c(Cl)c1. The van der Waals surface area contributed by atoms with E-state index in [0.29, 0.717) is 15.7 Å². The van der Waals surface area contributed by atoms with Gasteiger partial charge in [0.15, 0.2) is 5.69 Å². The highest BCUT2D eigenvalue weighted by atomic mass is 79.9. The average molecular weight is 391 g/mol. The Labute approximate surface area is 137 Å². The van der Waals surface area contributed by atoms with Crippen LogP contribution in [0.4, 0.5) is 10.5 Å². The van der Waals surface area contributed by atoms with Crippen LogP contribution in [0.1, 0.15) is 15.5 Å². The zero-order valence-electron chi connectivity index (χ0n) is 10.4. The molecule has 0 atom stereocenters. The van der Waals surface area contributed by atoms with Gasteiger partial charge in [-0.3, -0.25) is 0 Å². The third-order valence-corrected chi connectivity index (χ3v) is 4.43. The number of hydrogen-bond donors (Lipinski definition) is 3. The van der Waals surface area contributed by atoms with Crippen molar-refractivity contribution in [3.63, 3.8) is 0 Å². The quantitative estimate of drug-likeness (QED) is 0.744. The third-order valence-electron chi connectivity index (χ3n) is 2.35. The molecule has 0 saturated carbocycles. The molecular formula is C12H9BrClN3O3S. The van der Waals surface area contributed by atoms with Crippen LogP contribution in [0.2, 0.25) is 5.02 Å². The van der Waals surface area contributed by atoms with Crippen molar-refractivity contribution in [1.29, 1.82) is 0 Å². The van der Waals surface area contributed by atoms with Crippen molar-refractivity contribution in [2.45, 2.75) is 6.54 Å². The van der Waals surface area contributed by atoms with Gasteiger partial charge in [-0.1, -0.05) is 11.6 Å². The number of carboxylic acid groups (broad SMARTS) is 1. The van der Waals surface area contributed by atoms with Crippen molar-refractivity contribution < 1.29 is 14.7 Å². The number of benzene rings is 1. The summed E-state index contributed by atoms with van der Waals surface area (Å²) in [6.07, 6.45) is 0. The molecule has 0 aliphatic heterocycles. The molecule has 3 N–H and O–H groups in total. The minimum Gasteiger partial charge on any atom is -0.476 e. The molecule has 0 aliphatic rings. The maximum absolute atomic E-state index is 11.7. The van der Waals surface area contributed by atoms with Crippen LogP contribution >= 0.6 is 38.9 Å². The summed E-state index contributed by atoms with van der Waals surface area (Å²) in [5.74, 6) is -1.09. The monoisotopic (exact) mass is 389 g/mol. The molecule has 6 nitrogen and oxygen atoms in total. The topological polar surface area (TPSA) is 91.3 Å². The number of hydrogen-bond acceptors (Lipinski definition) is 4. The number of nitrogens with one attached hydrogen (secondary N) is 2. The second-order valence-electron chi connectivity index (χ2n) is 3.87. The third kappa shape index (κ3) is 4.42. The van der Waals surface area contributed by atoms with Crippen molar-refractivity contribution in [2.24, 2.45) is 0 Å². The van der Waals surface area contributed by atoms with Crippen molar-refractivity contribution in [3.8, 4) is 0 Å². The van der Waals surface area contributed by atoms with E-state index in [-0.39, 0.29) is 12.2 Å². The summed E-state index contributed by atoms with van der Waals surface area (Å²) in [6, 6.07) is 4.59. The van der Waals surface area contributed by atoms with E-state index in [1.165, 1.54) is 16.7 Å². The van der Waals surface area contributed by atoms with Gasteiger partial charge >= 0.3 is 12.0 Å². The smallest absolute Gasteiger partial charge is 0.355 e. The molecule has 110 valence electrons.